The van der Waals surface area contributed by atoms with Gasteiger partial charge < -0.3 is 4.74 Å². The van der Waals surface area contributed by atoms with Crippen LogP contribution in [-0.4, -0.2) is 34.2 Å². The second-order valence-corrected chi connectivity index (χ2v) is 7.78. The van der Waals surface area contributed by atoms with Gasteiger partial charge in [0, 0.05) is 18.9 Å². The van der Waals surface area contributed by atoms with E-state index in [2.05, 4.69) is 15.0 Å². The highest BCUT2D eigenvalue weighted by atomic mass is 32.2. The summed E-state index contributed by atoms with van der Waals surface area (Å²) in [6.07, 6.45) is 7.05. The number of hydrogen-bond acceptors (Lipinski definition) is 6. The zero-order valence-corrected chi connectivity index (χ0v) is 14.6. The molecule has 3 heterocycles. The average molecular weight is 368 g/mol. The highest BCUT2D eigenvalue weighted by Gasteiger charge is 2.29. The van der Waals surface area contributed by atoms with E-state index in [0.717, 1.165) is 11.3 Å². The van der Waals surface area contributed by atoms with Crippen LogP contribution in [0.1, 0.15) is 11.3 Å². The number of ether oxygens (including phenoxy) is 1. The lowest BCUT2D eigenvalue weighted by atomic mass is 10.1. The van der Waals surface area contributed by atoms with Gasteiger partial charge in [-0.25, -0.2) is 18.4 Å². The molecule has 26 heavy (non-hydrogen) atoms. The molecule has 0 saturated heterocycles. The van der Waals surface area contributed by atoms with Crippen molar-refractivity contribution >= 4 is 10.0 Å². The van der Waals surface area contributed by atoms with Crippen LogP contribution in [0.5, 0.6) is 11.5 Å². The monoisotopic (exact) mass is 368 g/mol. The summed E-state index contributed by atoms with van der Waals surface area (Å²) in [4.78, 5) is 12.4. The molecular formula is C18H16N4O3S. The molecule has 0 N–H and O–H groups in total. The van der Waals surface area contributed by atoms with Gasteiger partial charge in [-0.2, -0.15) is 4.31 Å². The van der Waals surface area contributed by atoms with Crippen LogP contribution in [0.2, 0.25) is 0 Å². The summed E-state index contributed by atoms with van der Waals surface area (Å²) in [6, 6.07) is 9.93. The fraction of sp³-hybridized carbons (Fsp3) is 0.167. The van der Waals surface area contributed by atoms with Crippen molar-refractivity contribution in [2.45, 2.75) is 17.9 Å². The maximum atomic E-state index is 12.9. The topological polar surface area (TPSA) is 85.3 Å². The summed E-state index contributed by atoms with van der Waals surface area (Å²) in [7, 11) is -3.59. The molecule has 0 bridgehead atoms. The number of sulfonamides is 1. The number of aromatic nitrogens is 3. The number of hydrogen-bond donors (Lipinski definition) is 0. The Labute approximate surface area is 151 Å². The van der Waals surface area contributed by atoms with Gasteiger partial charge in [0.2, 0.25) is 10.0 Å². The summed E-state index contributed by atoms with van der Waals surface area (Å²) in [5, 5.41) is 0. The minimum Gasteiger partial charge on any atom is -0.456 e. The van der Waals surface area contributed by atoms with Gasteiger partial charge in [-0.1, -0.05) is 0 Å². The molecule has 0 spiro atoms. The second kappa shape index (κ2) is 6.81. The molecule has 132 valence electrons. The number of pyridine rings is 1. The molecular weight excluding hydrogens is 352 g/mol. The third kappa shape index (κ3) is 3.29. The van der Waals surface area contributed by atoms with E-state index in [0.29, 0.717) is 24.5 Å². The minimum atomic E-state index is -3.59. The zero-order valence-electron chi connectivity index (χ0n) is 13.8. The molecule has 2 aromatic heterocycles. The highest BCUT2D eigenvalue weighted by Crippen LogP contribution is 2.26. The van der Waals surface area contributed by atoms with Crippen LogP contribution < -0.4 is 4.74 Å². The van der Waals surface area contributed by atoms with Gasteiger partial charge in [-0.05, 0) is 48.4 Å². The quantitative estimate of drug-likeness (QED) is 0.703. The van der Waals surface area contributed by atoms with E-state index in [9.17, 15) is 8.42 Å². The summed E-state index contributed by atoms with van der Waals surface area (Å²) in [5.74, 6) is 1.14. The molecule has 3 aromatic rings. The van der Waals surface area contributed by atoms with Gasteiger partial charge in [-0.3, -0.25) is 4.98 Å². The van der Waals surface area contributed by atoms with Crippen LogP contribution >= 0.6 is 0 Å². The van der Waals surface area contributed by atoms with Gasteiger partial charge in [0.25, 0.3) is 0 Å². The Bertz CT molecular complexity index is 1010. The van der Waals surface area contributed by atoms with Crippen molar-refractivity contribution in [3.63, 3.8) is 0 Å². The predicted molar refractivity (Wildman–Crippen MR) is 94.1 cm³/mol. The van der Waals surface area contributed by atoms with Crippen LogP contribution in [0.4, 0.5) is 0 Å². The molecule has 0 amide bonds. The molecule has 1 aromatic carbocycles. The van der Waals surface area contributed by atoms with Crippen LogP contribution in [0.25, 0.3) is 0 Å². The number of rotatable bonds is 4. The van der Waals surface area contributed by atoms with E-state index in [-0.39, 0.29) is 11.4 Å². The first-order chi connectivity index (χ1) is 12.6. The van der Waals surface area contributed by atoms with Crippen molar-refractivity contribution in [1.29, 1.82) is 0 Å². The Morgan fingerprint density at radius 2 is 1.85 bits per heavy atom. The van der Waals surface area contributed by atoms with Gasteiger partial charge in [0.15, 0.2) is 0 Å². The Balaban J connectivity index is 1.53. The van der Waals surface area contributed by atoms with E-state index >= 15 is 0 Å². The van der Waals surface area contributed by atoms with E-state index in [1.54, 1.807) is 55.0 Å². The largest absolute Gasteiger partial charge is 0.456 e. The smallest absolute Gasteiger partial charge is 0.243 e. The maximum absolute atomic E-state index is 12.9. The van der Waals surface area contributed by atoms with Gasteiger partial charge >= 0.3 is 0 Å². The summed E-state index contributed by atoms with van der Waals surface area (Å²) >= 11 is 0. The Morgan fingerprint density at radius 3 is 2.62 bits per heavy atom. The third-order valence-electron chi connectivity index (χ3n) is 4.17. The standard InChI is InChI=1S/C18H16N4O3S/c23-26(24,22-9-7-14-10-20-13-21-18(14)12-22)17-5-3-15(4-6-17)25-16-2-1-8-19-11-16/h1-6,8,10-11,13H,7,9,12H2. The van der Waals surface area contributed by atoms with Gasteiger partial charge in [-0.15, -0.1) is 0 Å². The minimum absolute atomic E-state index is 0.230. The summed E-state index contributed by atoms with van der Waals surface area (Å²) < 4.78 is 32.9. The summed E-state index contributed by atoms with van der Waals surface area (Å²) in [6.45, 7) is 0.671. The van der Waals surface area contributed by atoms with E-state index in [4.69, 9.17) is 4.74 Å². The third-order valence-corrected chi connectivity index (χ3v) is 6.03. The molecule has 7 nitrogen and oxygen atoms in total. The Hall–Kier alpha value is -2.84. The fourth-order valence-electron chi connectivity index (χ4n) is 2.80. The van der Waals surface area contributed by atoms with Crippen LogP contribution in [0.15, 0.2) is 66.2 Å². The molecule has 8 heteroatoms. The lowest BCUT2D eigenvalue weighted by Gasteiger charge is -2.27. The first-order valence-electron chi connectivity index (χ1n) is 8.09. The second-order valence-electron chi connectivity index (χ2n) is 5.85. The van der Waals surface area contributed by atoms with E-state index in [1.807, 2.05) is 0 Å². The van der Waals surface area contributed by atoms with Crippen molar-refractivity contribution < 1.29 is 13.2 Å². The Morgan fingerprint density at radius 1 is 1.00 bits per heavy atom. The maximum Gasteiger partial charge on any atom is 0.243 e. The first-order valence-corrected chi connectivity index (χ1v) is 9.53. The molecule has 0 atom stereocenters. The lowest BCUT2D eigenvalue weighted by Crippen LogP contribution is -2.36. The number of nitrogens with zero attached hydrogens (tertiary/aromatic N) is 4. The van der Waals surface area contributed by atoms with Crippen molar-refractivity contribution in [3.8, 4) is 11.5 Å². The average Bonchev–Trinajstić information content (AvgIpc) is 2.69. The van der Waals surface area contributed by atoms with Crippen LogP contribution in [0.3, 0.4) is 0 Å². The number of fused-ring (bicyclic) bond motifs is 1. The Kier molecular flexibility index (Phi) is 4.36. The molecule has 0 saturated carbocycles. The fourth-order valence-corrected chi connectivity index (χ4v) is 4.21. The molecule has 1 aliphatic heterocycles. The molecule has 0 unspecified atom stereocenters. The van der Waals surface area contributed by atoms with Gasteiger partial charge in [0.1, 0.15) is 17.8 Å². The molecule has 4 rings (SSSR count). The SMILES string of the molecule is O=S(=O)(c1ccc(Oc2cccnc2)cc1)N1CCc2cncnc2C1. The summed E-state index contributed by atoms with van der Waals surface area (Å²) in [5.41, 5.74) is 1.76. The van der Waals surface area contributed by atoms with Crippen molar-refractivity contribution in [3.05, 3.63) is 72.6 Å². The van der Waals surface area contributed by atoms with Crippen LogP contribution in [0, 0.1) is 0 Å². The van der Waals surface area contributed by atoms with E-state index < -0.39 is 10.0 Å². The molecule has 0 radical (unpaired) electrons. The van der Waals surface area contributed by atoms with Crippen LogP contribution in [-0.2, 0) is 23.0 Å². The van der Waals surface area contributed by atoms with Crippen molar-refractivity contribution in [1.82, 2.24) is 19.3 Å². The molecule has 1 aliphatic rings. The van der Waals surface area contributed by atoms with Crippen molar-refractivity contribution in [2.24, 2.45) is 0 Å². The van der Waals surface area contributed by atoms with Crippen molar-refractivity contribution in [2.75, 3.05) is 6.54 Å². The molecule has 0 aliphatic carbocycles. The molecule has 0 fully saturated rings. The lowest BCUT2D eigenvalue weighted by molar-refractivity contribution is 0.384. The van der Waals surface area contributed by atoms with Gasteiger partial charge in [0.05, 0.1) is 23.3 Å². The number of benzene rings is 1. The zero-order chi connectivity index (χ0) is 18.0. The predicted octanol–water partition coefficient (Wildman–Crippen LogP) is 2.41. The first kappa shape index (κ1) is 16.6. The highest BCUT2D eigenvalue weighted by molar-refractivity contribution is 7.89. The van der Waals surface area contributed by atoms with E-state index in [1.165, 1.54) is 10.6 Å². The normalized spacial score (nSPS) is 14.6.